The van der Waals surface area contributed by atoms with Crippen molar-refractivity contribution in [2.75, 3.05) is 0 Å². The molecule has 0 aliphatic carbocycles. The van der Waals surface area contributed by atoms with E-state index in [1.807, 2.05) is 0 Å². The van der Waals surface area contributed by atoms with Crippen molar-refractivity contribution in [3.05, 3.63) is 79.9 Å². The molecule has 0 heterocycles. The first-order valence-electron chi connectivity index (χ1n) is 7.10. The molecule has 2 aromatic carbocycles. The van der Waals surface area contributed by atoms with Crippen LogP contribution in [0.1, 0.15) is 11.1 Å². The maximum atomic E-state index is 10.7. The van der Waals surface area contributed by atoms with Gasteiger partial charge in [-0.3, -0.25) is 20.2 Å². The normalized spacial score (nSPS) is 11.8. The quantitative estimate of drug-likeness (QED) is 0.347. The lowest BCUT2D eigenvalue weighted by atomic mass is 10.2. The number of nitrogens with zero attached hydrogens (tertiary/aromatic N) is 5. The predicted octanol–water partition coefficient (Wildman–Crippen LogP) is 1.78. The number of hydrogen-bond donors (Lipinski definition) is 2. The van der Waals surface area contributed by atoms with Gasteiger partial charge < -0.3 is 5.73 Å². The summed E-state index contributed by atoms with van der Waals surface area (Å²) in [6.45, 7) is 0. The van der Waals surface area contributed by atoms with Crippen molar-refractivity contribution in [1.82, 2.24) is 5.43 Å². The molecule has 0 saturated carbocycles. The van der Waals surface area contributed by atoms with Crippen LogP contribution in [-0.4, -0.2) is 28.2 Å². The lowest BCUT2D eigenvalue weighted by molar-refractivity contribution is -0.385. The van der Waals surface area contributed by atoms with E-state index in [-0.39, 0.29) is 17.3 Å². The van der Waals surface area contributed by atoms with Crippen LogP contribution in [-0.2, 0) is 0 Å². The van der Waals surface area contributed by atoms with Gasteiger partial charge in [-0.05, 0) is 0 Å². The Bertz CT molecular complexity index is 908. The summed E-state index contributed by atoms with van der Waals surface area (Å²) in [6, 6.07) is 11.7. The summed E-state index contributed by atoms with van der Waals surface area (Å²) in [5.74, 6) is -0.131. The van der Waals surface area contributed by atoms with Gasteiger partial charge in [-0.2, -0.15) is 10.2 Å². The van der Waals surface area contributed by atoms with E-state index < -0.39 is 9.85 Å². The largest absolute Gasteiger partial charge is 0.367 e. The van der Waals surface area contributed by atoms with Gasteiger partial charge in [0, 0.05) is 35.4 Å². The maximum Gasteiger partial charge on any atom is 0.270 e. The third-order valence-electron chi connectivity index (χ3n) is 2.93. The van der Waals surface area contributed by atoms with Crippen LogP contribution in [0, 0.1) is 20.2 Å². The molecule has 0 spiro atoms. The molecule has 0 unspecified atom stereocenters. The van der Waals surface area contributed by atoms with Gasteiger partial charge in [0.2, 0.25) is 5.96 Å². The second-order valence-corrected chi connectivity index (χ2v) is 4.80. The highest BCUT2D eigenvalue weighted by atomic mass is 16.6. The second-order valence-electron chi connectivity index (χ2n) is 4.80. The summed E-state index contributed by atoms with van der Waals surface area (Å²) >= 11 is 0. The van der Waals surface area contributed by atoms with Crippen molar-refractivity contribution in [1.29, 1.82) is 0 Å². The first kappa shape index (κ1) is 18.2. The van der Waals surface area contributed by atoms with E-state index >= 15 is 0 Å². The Morgan fingerprint density at radius 1 is 0.962 bits per heavy atom. The molecule has 11 nitrogen and oxygen atoms in total. The molecule has 11 heteroatoms. The highest BCUT2D eigenvalue weighted by molar-refractivity contribution is 5.85. The Labute approximate surface area is 146 Å². The zero-order valence-corrected chi connectivity index (χ0v) is 13.2. The molecule has 2 aromatic rings. The van der Waals surface area contributed by atoms with Crippen molar-refractivity contribution in [3.63, 3.8) is 0 Å². The monoisotopic (exact) mass is 355 g/mol. The van der Waals surface area contributed by atoms with Gasteiger partial charge in [-0.15, -0.1) is 5.10 Å². The standard InChI is InChI=1S/C15H13N7O4/c16-15(19-17-9-11-3-1-5-13(7-11)21(23)24)20-18-10-12-4-2-6-14(8-12)22(25)26/h1-10H,(H3,16,19,20). The summed E-state index contributed by atoms with van der Waals surface area (Å²) in [5, 5.41) is 32.5. The first-order chi connectivity index (χ1) is 12.5. The highest BCUT2D eigenvalue weighted by Crippen LogP contribution is 2.12. The van der Waals surface area contributed by atoms with Crippen molar-refractivity contribution in [2.45, 2.75) is 0 Å². The van der Waals surface area contributed by atoms with Crippen LogP contribution < -0.4 is 11.2 Å². The van der Waals surface area contributed by atoms with Crippen molar-refractivity contribution >= 4 is 29.8 Å². The summed E-state index contributed by atoms with van der Waals surface area (Å²) in [4.78, 5) is 20.3. The van der Waals surface area contributed by atoms with E-state index in [1.54, 1.807) is 12.1 Å². The Hall–Kier alpha value is -4.15. The fourth-order valence-electron chi connectivity index (χ4n) is 1.79. The molecule has 0 bridgehead atoms. The number of nitro groups is 2. The van der Waals surface area contributed by atoms with E-state index in [0.717, 1.165) is 0 Å². The number of nitro benzene ring substituents is 2. The van der Waals surface area contributed by atoms with Crippen LogP contribution in [0.3, 0.4) is 0 Å². The van der Waals surface area contributed by atoms with E-state index in [9.17, 15) is 20.2 Å². The van der Waals surface area contributed by atoms with Crippen LogP contribution in [0.15, 0.2) is 63.8 Å². The number of benzene rings is 2. The zero-order chi connectivity index (χ0) is 18.9. The molecule has 0 atom stereocenters. The Kier molecular flexibility index (Phi) is 6.04. The second kappa shape index (κ2) is 8.63. The molecule has 2 rings (SSSR count). The van der Waals surface area contributed by atoms with Gasteiger partial charge in [0.25, 0.3) is 11.4 Å². The molecule has 0 aromatic heterocycles. The Morgan fingerprint density at radius 2 is 1.50 bits per heavy atom. The van der Waals surface area contributed by atoms with Gasteiger partial charge in [0.05, 0.1) is 22.3 Å². The van der Waals surface area contributed by atoms with E-state index in [1.165, 1.54) is 48.8 Å². The van der Waals surface area contributed by atoms with Gasteiger partial charge in [-0.1, -0.05) is 24.3 Å². The SMILES string of the molecule is N/C(=N/N=Cc1cccc([N+](=O)[O-])c1)NN=Cc1cccc([N+](=O)[O-])c1. The summed E-state index contributed by atoms with van der Waals surface area (Å²) in [7, 11) is 0. The first-order valence-corrected chi connectivity index (χ1v) is 7.10. The molecular formula is C15H13N7O4. The topological polar surface area (TPSA) is 161 Å². The van der Waals surface area contributed by atoms with Gasteiger partial charge in [0.1, 0.15) is 0 Å². The van der Waals surface area contributed by atoms with Crippen molar-refractivity contribution in [2.24, 2.45) is 21.0 Å². The number of nitrogens with two attached hydrogens (primary N) is 1. The van der Waals surface area contributed by atoms with Crippen LogP contribution in [0.5, 0.6) is 0 Å². The molecule has 0 fully saturated rings. The highest BCUT2D eigenvalue weighted by Gasteiger charge is 2.04. The number of rotatable bonds is 6. The minimum atomic E-state index is -0.515. The number of hydrogen-bond acceptors (Lipinski definition) is 7. The van der Waals surface area contributed by atoms with E-state index in [2.05, 4.69) is 20.7 Å². The van der Waals surface area contributed by atoms with E-state index in [0.29, 0.717) is 11.1 Å². The third kappa shape index (κ3) is 5.49. The lowest BCUT2D eigenvalue weighted by Gasteiger charge is -1.97. The Balaban J connectivity index is 1.96. The average Bonchev–Trinajstić information content (AvgIpc) is 2.62. The average molecular weight is 355 g/mol. The summed E-state index contributed by atoms with van der Waals surface area (Å²) in [5.41, 5.74) is 8.81. The molecule has 0 aliphatic rings. The number of nitrogens with one attached hydrogen (secondary N) is 1. The Morgan fingerprint density at radius 3 is 2.04 bits per heavy atom. The summed E-state index contributed by atoms with van der Waals surface area (Å²) < 4.78 is 0. The van der Waals surface area contributed by atoms with Gasteiger partial charge >= 0.3 is 0 Å². The third-order valence-corrected chi connectivity index (χ3v) is 2.93. The molecular weight excluding hydrogens is 342 g/mol. The molecule has 26 heavy (non-hydrogen) atoms. The smallest absolute Gasteiger partial charge is 0.270 e. The van der Waals surface area contributed by atoms with Crippen molar-refractivity contribution < 1.29 is 9.85 Å². The molecule has 0 saturated heterocycles. The van der Waals surface area contributed by atoms with Gasteiger partial charge in [-0.25, -0.2) is 5.43 Å². The number of non-ortho nitro benzene ring substituents is 2. The van der Waals surface area contributed by atoms with Crippen LogP contribution >= 0.6 is 0 Å². The van der Waals surface area contributed by atoms with Crippen LogP contribution in [0.25, 0.3) is 0 Å². The summed E-state index contributed by atoms with van der Waals surface area (Å²) in [6.07, 6.45) is 2.63. The lowest BCUT2D eigenvalue weighted by Crippen LogP contribution is -2.26. The van der Waals surface area contributed by atoms with E-state index in [4.69, 9.17) is 5.73 Å². The molecule has 0 amide bonds. The molecule has 3 N–H and O–H groups in total. The fraction of sp³-hybridized carbons (Fsp3) is 0. The minimum Gasteiger partial charge on any atom is -0.367 e. The molecule has 0 radical (unpaired) electrons. The number of hydrazone groups is 1. The van der Waals surface area contributed by atoms with Crippen LogP contribution in [0.2, 0.25) is 0 Å². The zero-order valence-electron chi connectivity index (χ0n) is 13.2. The fourth-order valence-corrected chi connectivity index (χ4v) is 1.79. The van der Waals surface area contributed by atoms with Crippen molar-refractivity contribution in [3.8, 4) is 0 Å². The van der Waals surface area contributed by atoms with Crippen LogP contribution in [0.4, 0.5) is 11.4 Å². The minimum absolute atomic E-state index is 0.0582. The number of guanidine groups is 1. The predicted molar refractivity (Wildman–Crippen MR) is 96.1 cm³/mol. The molecule has 0 aliphatic heterocycles. The maximum absolute atomic E-state index is 10.7. The van der Waals surface area contributed by atoms with Gasteiger partial charge in [0.15, 0.2) is 0 Å². The molecule has 132 valence electrons.